The van der Waals surface area contributed by atoms with Gasteiger partial charge < -0.3 is 19.2 Å². The van der Waals surface area contributed by atoms with Crippen LogP contribution in [0.25, 0.3) is 0 Å². The maximum atomic E-state index is 12.5. The van der Waals surface area contributed by atoms with Crippen LogP contribution in [0.3, 0.4) is 0 Å². The summed E-state index contributed by atoms with van der Waals surface area (Å²) in [6, 6.07) is 16.7. The molecule has 1 heterocycles. The Bertz CT molecular complexity index is 894. The van der Waals surface area contributed by atoms with E-state index in [0.717, 1.165) is 5.56 Å². The number of para-hydroxylation sites is 1. The number of nitrogens with one attached hydrogen (secondary N) is 1. The third kappa shape index (κ3) is 5.09. The van der Waals surface area contributed by atoms with Crippen molar-refractivity contribution < 1.29 is 27.5 Å². The van der Waals surface area contributed by atoms with Gasteiger partial charge in [-0.3, -0.25) is 4.79 Å². The van der Waals surface area contributed by atoms with Crippen molar-refractivity contribution in [2.24, 2.45) is 0 Å². The summed E-state index contributed by atoms with van der Waals surface area (Å²) in [4.78, 5) is 12.5. The molecule has 1 atom stereocenters. The molecule has 3 aromatic rings. The molecule has 2 aromatic carbocycles. The van der Waals surface area contributed by atoms with Crippen LogP contribution in [-0.2, 0) is 6.61 Å². The van der Waals surface area contributed by atoms with Gasteiger partial charge >= 0.3 is 6.61 Å². The Balaban J connectivity index is 1.61. The molecular formula is C21H19F2NO4. The molecule has 1 aromatic heterocycles. The second-order valence-electron chi connectivity index (χ2n) is 6.02. The number of ether oxygens (including phenoxy) is 2. The number of hydrogen-bond donors (Lipinski definition) is 1. The van der Waals surface area contributed by atoms with Crippen molar-refractivity contribution in [3.63, 3.8) is 0 Å². The molecule has 0 bridgehead atoms. The largest absolute Gasteiger partial charge is 0.489 e. The average molecular weight is 387 g/mol. The van der Waals surface area contributed by atoms with E-state index in [0.29, 0.717) is 11.3 Å². The predicted molar refractivity (Wildman–Crippen MR) is 98.4 cm³/mol. The van der Waals surface area contributed by atoms with Crippen LogP contribution in [0, 0.1) is 0 Å². The first-order chi connectivity index (χ1) is 13.5. The van der Waals surface area contributed by atoms with Crippen molar-refractivity contribution in [2.75, 3.05) is 0 Å². The van der Waals surface area contributed by atoms with Gasteiger partial charge in [0.25, 0.3) is 5.91 Å². The van der Waals surface area contributed by atoms with Gasteiger partial charge in [-0.1, -0.05) is 30.3 Å². The zero-order valence-electron chi connectivity index (χ0n) is 15.1. The summed E-state index contributed by atoms with van der Waals surface area (Å²) >= 11 is 0. The fourth-order valence-corrected chi connectivity index (χ4v) is 2.61. The lowest BCUT2D eigenvalue weighted by Crippen LogP contribution is -2.27. The number of halogens is 2. The number of amides is 1. The number of benzene rings is 2. The van der Waals surface area contributed by atoms with Gasteiger partial charge in [0.05, 0.1) is 12.3 Å². The molecule has 28 heavy (non-hydrogen) atoms. The smallest absolute Gasteiger partial charge is 0.387 e. The Morgan fingerprint density at radius 3 is 2.43 bits per heavy atom. The first kappa shape index (κ1) is 19.4. The van der Waals surface area contributed by atoms with Gasteiger partial charge in [-0.05, 0) is 42.8 Å². The summed E-state index contributed by atoms with van der Waals surface area (Å²) in [5.74, 6) is 0.524. The molecule has 0 saturated heterocycles. The number of alkyl halides is 2. The van der Waals surface area contributed by atoms with E-state index in [9.17, 15) is 13.6 Å². The van der Waals surface area contributed by atoms with E-state index in [-0.39, 0.29) is 24.2 Å². The first-order valence-corrected chi connectivity index (χ1v) is 8.63. The molecule has 5 nitrogen and oxygen atoms in total. The zero-order chi connectivity index (χ0) is 19.9. The Morgan fingerprint density at radius 2 is 1.75 bits per heavy atom. The molecule has 0 aliphatic carbocycles. The molecule has 1 amide bonds. The summed E-state index contributed by atoms with van der Waals surface area (Å²) in [7, 11) is 0. The number of carbonyl (C=O) groups excluding carboxylic acids is 1. The SMILES string of the molecule is C[C@@H](NC(=O)c1occc1COc1ccccc1)c1ccc(OC(F)F)cc1. The first-order valence-electron chi connectivity index (χ1n) is 8.63. The lowest BCUT2D eigenvalue weighted by atomic mass is 10.1. The average Bonchev–Trinajstić information content (AvgIpc) is 3.16. The van der Waals surface area contributed by atoms with E-state index in [1.54, 1.807) is 25.1 Å². The number of hydrogen-bond acceptors (Lipinski definition) is 4. The minimum Gasteiger partial charge on any atom is -0.489 e. The molecule has 0 aliphatic heterocycles. The van der Waals surface area contributed by atoms with Crippen LogP contribution < -0.4 is 14.8 Å². The predicted octanol–water partition coefficient (Wildman–Crippen LogP) is 4.95. The molecule has 146 valence electrons. The fraction of sp³-hybridized carbons (Fsp3) is 0.190. The second kappa shape index (κ2) is 9.03. The lowest BCUT2D eigenvalue weighted by molar-refractivity contribution is -0.0498. The van der Waals surface area contributed by atoms with Crippen molar-refractivity contribution in [3.8, 4) is 11.5 Å². The summed E-state index contributed by atoms with van der Waals surface area (Å²) in [5.41, 5.74) is 1.36. The van der Waals surface area contributed by atoms with E-state index in [2.05, 4.69) is 10.1 Å². The normalized spacial score (nSPS) is 11.9. The molecule has 0 aliphatic rings. The molecule has 7 heteroatoms. The van der Waals surface area contributed by atoms with Crippen LogP contribution in [0.2, 0.25) is 0 Å². The van der Waals surface area contributed by atoms with E-state index in [1.807, 2.05) is 30.3 Å². The van der Waals surface area contributed by atoms with Gasteiger partial charge in [-0.2, -0.15) is 8.78 Å². The van der Waals surface area contributed by atoms with Crippen molar-refractivity contribution in [1.29, 1.82) is 0 Å². The van der Waals surface area contributed by atoms with Gasteiger partial charge in [0.15, 0.2) is 5.76 Å². The summed E-state index contributed by atoms with van der Waals surface area (Å²) in [6.45, 7) is -0.903. The molecule has 0 saturated carbocycles. The quantitative estimate of drug-likeness (QED) is 0.594. The van der Waals surface area contributed by atoms with Crippen molar-refractivity contribution >= 4 is 5.91 Å². The third-order valence-electron chi connectivity index (χ3n) is 4.04. The minimum absolute atomic E-state index is 0.0589. The Hall–Kier alpha value is -3.35. The Morgan fingerprint density at radius 1 is 1.04 bits per heavy atom. The third-order valence-corrected chi connectivity index (χ3v) is 4.04. The standard InChI is InChI=1S/C21H19F2NO4/c1-14(15-7-9-18(10-8-15)28-21(22)23)24-20(25)19-16(11-12-26-19)13-27-17-5-3-2-4-6-17/h2-12,14,21H,13H2,1H3,(H,24,25)/t14-/m1/s1. The van der Waals surface area contributed by atoms with Gasteiger partial charge in [0.1, 0.15) is 18.1 Å². The maximum Gasteiger partial charge on any atom is 0.387 e. The Labute approximate surface area is 160 Å². The van der Waals surface area contributed by atoms with Crippen LogP contribution in [0.5, 0.6) is 11.5 Å². The van der Waals surface area contributed by atoms with E-state index < -0.39 is 12.5 Å². The van der Waals surface area contributed by atoms with E-state index in [1.165, 1.54) is 18.4 Å². The Kier molecular flexibility index (Phi) is 6.26. The highest BCUT2D eigenvalue weighted by Crippen LogP contribution is 2.21. The molecule has 3 rings (SSSR count). The lowest BCUT2D eigenvalue weighted by Gasteiger charge is -2.15. The maximum absolute atomic E-state index is 12.5. The molecular weight excluding hydrogens is 368 g/mol. The van der Waals surface area contributed by atoms with E-state index in [4.69, 9.17) is 9.15 Å². The molecule has 1 N–H and O–H groups in total. The number of furan rings is 1. The summed E-state index contributed by atoms with van der Waals surface area (Å²) < 4.78 is 39.7. The second-order valence-corrected chi connectivity index (χ2v) is 6.02. The molecule has 0 radical (unpaired) electrons. The highest BCUT2D eigenvalue weighted by molar-refractivity contribution is 5.93. The van der Waals surface area contributed by atoms with Gasteiger partial charge in [-0.15, -0.1) is 0 Å². The fourth-order valence-electron chi connectivity index (χ4n) is 2.61. The highest BCUT2D eigenvalue weighted by atomic mass is 19.3. The van der Waals surface area contributed by atoms with Gasteiger partial charge in [-0.25, -0.2) is 0 Å². The molecule has 0 fully saturated rings. The molecule has 0 spiro atoms. The monoisotopic (exact) mass is 387 g/mol. The number of rotatable bonds is 8. The minimum atomic E-state index is -2.88. The summed E-state index contributed by atoms with van der Waals surface area (Å²) in [5, 5.41) is 2.82. The van der Waals surface area contributed by atoms with Crippen LogP contribution in [0.15, 0.2) is 71.3 Å². The van der Waals surface area contributed by atoms with E-state index >= 15 is 0 Å². The van der Waals surface area contributed by atoms with Gasteiger partial charge in [0, 0.05) is 5.56 Å². The van der Waals surface area contributed by atoms with Crippen LogP contribution in [-0.4, -0.2) is 12.5 Å². The van der Waals surface area contributed by atoms with Crippen molar-refractivity contribution in [3.05, 3.63) is 83.8 Å². The van der Waals surface area contributed by atoms with Crippen molar-refractivity contribution in [2.45, 2.75) is 26.2 Å². The van der Waals surface area contributed by atoms with Gasteiger partial charge in [0.2, 0.25) is 0 Å². The zero-order valence-corrected chi connectivity index (χ0v) is 15.1. The summed E-state index contributed by atoms with van der Waals surface area (Å²) in [6.07, 6.45) is 1.43. The van der Waals surface area contributed by atoms with Crippen LogP contribution in [0.1, 0.15) is 34.6 Å². The van der Waals surface area contributed by atoms with Crippen LogP contribution >= 0.6 is 0 Å². The highest BCUT2D eigenvalue weighted by Gasteiger charge is 2.19. The van der Waals surface area contributed by atoms with Crippen LogP contribution in [0.4, 0.5) is 8.78 Å². The van der Waals surface area contributed by atoms with Crippen molar-refractivity contribution in [1.82, 2.24) is 5.32 Å². The molecule has 0 unspecified atom stereocenters. The number of carbonyl (C=O) groups is 1. The topological polar surface area (TPSA) is 60.7 Å².